The van der Waals surface area contributed by atoms with Gasteiger partial charge in [0.15, 0.2) is 5.82 Å². The van der Waals surface area contributed by atoms with E-state index in [1.807, 2.05) is 32.9 Å². The second-order valence-electron chi connectivity index (χ2n) is 7.86. The quantitative estimate of drug-likeness (QED) is 0.569. The third kappa shape index (κ3) is 5.18. The number of benzene rings is 2. The van der Waals surface area contributed by atoms with Gasteiger partial charge in [0.1, 0.15) is 0 Å². The number of nitrogens with one attached hydrogen (secondary N) is 2. The molecular weight excluding hydrogens is 416 g/mol. The van der Waals surface area contributed by atoms with E-state index in [1.54, 1.807) is 19.9 Å². The summed E-state index contributed by atoms with van der Waals surface area (Å²) in [5.74, 6) is 0.643. The van der Waals surface area contributed by atoms with Crippen LogP contribution in [0.3, 0.4) is 0 Å². The smallest absolute Gasteiger partial charge is 0.260 e. The fourth-order valence-electron chi connectivity index (χ4n) is 2.94. The summed E-state index contributed by atoms with van der Waals surface area (Å²) in [7, 11) is -3.62. The average molecular weight is 443 g/mol. The van der Waals surface area contributed by atoms with Crippen LogP contribution >= 0.6 is 0 Å². The van der Waals surface area contributed by atoms with Gasteiger partial charge in [-0.1, -0.05) is 31.1 Å². The van der Waals surface area contributed by atoms with Crippen LogP contribution in [0.4, 0.5) is 5.69 Å². The number of anilines is 1. The summed E-state index contributed by atoms with van der Waals surface area (Å²) in [6.45, 7) is 9.29. The van der Waals surface area contributed by atoms with Gasteiger partial charge in [-0.3, -0.25) is 4.79 Å². The van der Waals surface area contributed by atoms with Gasteiger partial charge in [0, 0.05) is 17.5 Å². The van der Waals surface area contributed by atoms with E-state index < -0.39 is 10.0 Å². The molecule has 1 heterocycles. The van der Waals surface area contributed by atoms with Gasteiger partial charge >= 0.3 is 0 Å². The number of nitrogens with zero attached hydrogens (tertiary/aromatic N) is 2. The molecule has 0 aliphatic rings. The van der Waals surface area contributed by atoms with Gasteiger partial charge in [-0.05, 0) is 56.7 Å². The van der Waals surface area contributed by atoms with Crippen molar-refractivity contribution in [3.8, 4) is 11.5 Å². The first-order chi connectivity index (χ1) is 14.6. The Hall–Kier alpha value is -3.04. The Morgan fingerprint density at radius 2 is 1.71 bits per heavy atom. The summed E-state index contributed by atoms with van der Waals surface area (Å²) in [6.07, 6.45) is 0. The largest absolute Gasteiger partial charge is 0.334 e. The molecule has 0 aliphatic carbocycles. The summed E-state index contributed by atoms with van der Waals surface area (Å²) in [5.41, 5.74) is 2.33. The molecule has 0 radical (unpaired) electrons. The maximum atomic E-state index is 12.9. The molecule has 0 saturated heterocycles. The fraction of sp³-hybridized carbons (Fsp3) is 0.318. The molecule has 0 fully saturated rings. The van der Waals surface area contributed by atoms with Crippen molar-refractivity contribution in [2.45, 2.75) is 51.5 Å². The molecule has 0 unspecified atom stereocenters. The first-order valence-corrected chi connectivity index (χ1v) is 11.4. The number of aryl methyl sites for hydroxylation is 1. The van der Waals surface area contributed by atoms with Gasteiger partial charge in [0.05, 0.1) is 16.1 Å². The number of hydrogen-bond donors (Lipinski definition) is 2. The van der Waals surface area contributed by atoms with Gasteiger partial charge in [-0.25, -0.2) is 13.1 Å². The van der Waals surface area contributed by atoms with E-state index in [1.165, 1.54) is 24.3 Å². The number of rotatable bonds is 7. The van der Waals surface area contributed by atoms with E-state index in [4.69, 9.17) is 4.52 Å². The van der Waals surface area contributed by atoms with Crippen LogP contribution in [-0.2, 0) is 10.0 Å². The van der Waals surface area contributed by atoms with E-state index in [2.05, 4.69) is 20.2 Å². The molecule has 0 aliphatic heterocycles. The average Bonchev–Trinajstić information content (AvgIpc) is 3.19. The van der Waals surface area contributed by atoms with Gasteiger partial charge in [-0.2, -0.15) is 4.98 Å². The van der Waals surface area contributed by atoms with Crippen LogP contribution in [0.1, 0.15) is 55.4 Å². The normalized spacial score (nSPS) is 11.8. The molecule has 2 N–H and O–H groups in total. The second-order valence-corrected chi connectivity index (χ2v) is 9.58. The maximum absolute atomic E-state index is 12.9. The maximum Gasteiger partial charge on any atom is 0.260 e. The monoisotopic (exact) mass is 442 g/mol. The Kier molecular flexibility index (Phi) is 6.56. The first kappa shape index (κ1) is 22.6. The molecule has 0 bridgehead atoms. The van der Waals surface area contributed by atoms with Crippen LogP contribution in [0, 0.1) is 6.92 Å². The molecule has 164 valence electrons. The Labute approximate surface area is 182 Å². The third-order valence-corrected chi connectivity index (χ3v) is 6.19. The van der Waals surface area contributed by atoms with Gasteiger partial charge in [-0.15, -0.1) is 0 Å². The fourth-order valence-corrected chi connectivity index (χ4v) is 4.19. The highest BCUT2D eigenvalue weighted by Crippen LogP contribution is 2.31. The summed E-state index contributed by atoms with van der Waals surface area (Å²) in [4.78, 5) is 17.4. The number of sulfonamides is 1. The highest BCUT2D eigenvalue weighted by Gasteiger charge is 2.19. The van der Waals surface area contributed by atoms with Crippen molar-refractivity contribution in [1.29, 1.82) is 0 Å². The summed E-state index contributed by atoms with van der Waals surface area (Å²) in [6, 6.07) is 11.1. The number of carbonyl (C=O) groups is 1. The number of hydrogen-bond acceptors (Lipinski definition) is 6. The topological polar surface area (TPSA) is 114 Å². The lowest BCUT2D eigenvalue weighted by Gasteiger charge is -2.13. The third-order valence-electron chi connectivity index (χ3n) is 4.52. The molecule has 9 heteroatoms. The molecule has 3 rings (SSSR count). The predicted octanol–water partition coefficient (Wildman–Crippen LogP) is 4.11. The van der Waals surface area contributed by atoms with Crippen LogP contribution in [0.2, 0.25) is 0 Å². The van der Waals surface area contributed by atoms with Crippen molar-refractivity contribution >= 4 is 21.6 Å². The van der Waals surface area contributed by atoms with E-state index in [-0.39, 0.29) is 22.8 Å². The minimum Gasteiger partial charge on any atom is -0.334 e. The molecule has 0 spiro atoms. The first-order valence-electron chi connectivity index (χ1n) is 9.96. The van der Waals surface area contributed by atoms with E-state index in [0.717, 1.165) is 5.56 Å². The highest BCUT2D eigenvalue weighted by atomic mass is 32.2. The SMILES string of the molecule is Cc1cccc(-c2nc(C(C)C)no2)c1NC(=O)c1ccc(S(=O)(=O)NC(C)C)cc1. The van der Waals surface area contributed by atoms with Crippen LogP contribution in [0.15, 0.2) is 51.9 Å². The summed E-state index contributed by atoms with van der Waals surface area (Å²) < 4.78 is 32.5. The van der Waals surface area contributed by atoms with E-state index in [9.17, 15) is 13.2 Å². The lowest BCUT2D eigenvalue weighted by atomic mass is 10.1. The minimum atomic E-state index is -3.62. The predicted molar refractivity (Wildman–Crippen MR) is 118 cm³/mol. The molecule has 0 saturated carbocycles. The number of para-hydroxylation sites is 1. The molecule has 1 amide bonds. The Morgan fingerprint density at radius 3 is 2.29 bits per heavy atom. The molecule has 0 atom stereocenters. The zero-order chi connectivity index (χ0) is 22.8. The van der Waals surface area contributed by atoms with Crippen molar-refractivity contribution in [3.63, 3.8) is 0 Å². The van der Waals surface area contributed by atoms with Gasteiger partial charge in [0.25, 0.3) is 11.8 Å². The van der Waals surface area contributed by atoms with Crippen molar-refractivity contribution in [2.24, 2.45) is 0 Å². The van der Waals surface area contributed by atoms with Crippen molar-refractivity contribution in [1.82, 2.24) is 14.9 Å². The number of carbonyl (C=O) groups excluding carboxylic acids is 1. The molecular formula is C22H26N4O4S. The van der Waals surface area contributed by atoms with Gasteiger partial charge in [0.2, 0.25) is 10.0 Å². The molecule has 31 heavy (non-hydrogen) atoms. The summed E-state index contributed by atoms with van der Waals surface area (Å²) >= 11 is 0. The van der Waals surface area contributed by atoms with Crippen LogP contribution in [0.25, 0.3) is 11.5 Å². The molecule has 8 nitrogen and oxygen atoms in total. The molecule has 3 aromatic rings. The van der Waals surface area contributed by atoms with E-state index >= 15 is 0 Å². The van der Waals surface area contributed by atoms with E-state index in [0.29, 0.717) is 28.5 Å². The Balaban J connectivity index is 1.87. The highest BCUT2D eigenvalue weighted by molar-refractivity contribution is 7.89. The molecule has 1 aromatic heterocycles. The Bertz CT molecular complexity index is 1180. The van der Waals surface area contributed by atoms with Gasteiger partial charge < -0.3 is 9.84 Å². The standard InChI is InChI=1S/C22H26N4O4S/c1-13(2)20-24-22(30-25-20)18-8-6-7-15(5)19(18)23-21(27)16-9-11-17(12-10-16)31(28,29)26-14(3)4/h6-14,26H,1-5H3,(H,23,27). The minimum absolute atomic E-state index is 0.0985. The summed E-state index contributed by atoms with van der Waals surface area (Å²) in [5, 5.41) is 6.88. The Morgan fingerprint density at radius 1 is 1.03 bits per heavy atom. The zero-order valence-corrected chi connectivity index (χ0v) is 18.9. The lowest BCUT2D eigenvalue weighted by Crippen LogP contribution is -2.30. The second kappa shape index (κ2) is 8.99. The molecule has 2 aromatic carbocycles. The van der Waals surface area contributed by atoms with Crippen LogP contribution in [0.5, 0.6) is 0 Å². The van der Waals surface area contributed by atoms with Crippen molar-refractivity contribution < 1.29 is 17.7 Å². The van der Waals surface area contributed by atoms with Crippen LogP contribution in [-0.4, -0.2) is 30.5 Å². The number of aromatic nitrogens is 2. The van der Waals surface area contributed by atoms with Crippen molar-refractivity contribution in [3.05, 3.63) is 59.4 Å². The van der Waals surface area contributed by atoms with Crippen molar-refractivity contribution in [2.75, 3.05) is 5.32 Å². The number of amides is 1. The van der Waals surface area contributed by atoms with Crippen LogP contribution < -0.4 is 10.0 Å². The zero-order valence-electron chi connectivity index (χ0n) is 18.1. The lowest BCUT2D eigenvalue weighted by molar-refractivity contribution is 0.102.